The first-order valence-corrected chi connectivity index (χ1v) is 10.4. The number of ketones is 2. The molecular weight excluding hydrogens is 400 g/mol. The van der Waals surface area contributed by atoms with Crippen LogP contribution < -0.4 is 5.32 Å². The number of carbonyl (C=O) groups excluding carboxylic acids is 2. The number of benzene rings is 4. The first-order valence-electron chi connectivity index (χ1n) is 10.4. The summed E-state index contributed by atoms with van der Waals surface area (Å²) < 4.78 is 0. The van der Waals surface area contributed by atoms with Crippen LogP contribution in [-0.2, 0) is 0 Å². The maximum absolute atomic E-state index is 13.0. The van der Waals surface area contributed by atoms with E-state index in [1.54, 1.807) is 48.7 Å². The fourth-order valence-electron chi connectivity index (χ4n) is 4.09. The predicted molar refractivity (Wildman–Crippen MR) is 126 cm³/mol. The van der Waals surface area contributed by atoms with E-state index in [-0.39, 0.29) is 17.3 Å². The molecule has 0 saturated heterocycles. The molecule has 1 aliphatic rings. The van der Waals surface area contributed by atoms with Gasteiger partial charge in [-0.3, -0.25) is 14.6 Å². The van der Waals surface area contributed by atoms with Gasteiger partial charge in [0.1, 0.15) is 5.75 Å². The SMILES string of the molecule is O=C1c2ccccc2C(=O)c2c(NCCN=Cc3ccc4ccccc4c3O)cccc21. The van der Waals surface area contributed by atoms with Crippen LogP contribution in [0.4, 0.5) is 5.69 Å². The highest BCUT2D eigenvalue weighted by atomic mass is 16.3. The van der Waals surface area contributed by atoms with Gasteiger partial charge >= 0.3 is 0 Å². The van der Waals surface area contributed by atoms with Gasteiger partial charge in [-0.25, -0.2) is 0 Å². The van der Waals surface area contributed by atoms with Crippen molar-refractivity contribution in [3.8, 4) is 5.75 Å². The van der Waals surface area contributed by atoms with Crippen LogP contribution in [-0.4, -0.2) is 36.0 Å². The number of fused-ring (bicyclic) bond motifs is 3. The summed E-state index contributed by atoms with van der Waals surface area (Å²) in [5.74, 6) is -0.0775. The second-order valence-electron chi connectivity index (χ2n) is 7.62. The molecule has 0 amide bonds. The Hall–Kier alpha value is -4.25. The molecule has 5 rings (SSSR count). The van der Waals surface area contributed by atoms with Crippen molar-refractivity contribution in [1.29, 1.82) is 0 Å². The van der Waals surface area contributed by atoms with Crippen LogP contribution in [0.1, 0.15) is 37.4 Å². The number of nitrogens with one attached hydrogen (secondary N) is 1. The third-order valence-corrected chi connectivity index (χ3v) is 5.67. The Balaban J connectivity index is 1.31. The molecule has 4 aromatic carbocycles. The molecular formula is C27H20N2O3. The Morgan fingerprint density at radius 1 is 0.781 bits per heavy atom. The molecule has 156 valence electrons. The highest BCUT2D eigenvalue weighted by Gasteiger charge is 2.31. The van der Waals surface area contributed by atoms with E-state index in [2.05, 4.69) is 10.3 Å². The molecule has 0 unspecified atom stereocenters. The Labute approximate surface area is 185 Å². The number of carbonyl (C=O) groups is 2. The zero-order valence-electron chi connectivity index (χ0n) is 17.2. The molecule has 0 bridgehead atoms. The lowest BCUT2D eigenvalue weighted by Gasteiger charge is -2.20. The number of rotatable bonds is 5. The first kappa shape index (κ1) is 19.7. The van der Waals surface area contributed by atoms with Gasteiger partial charge in [-0.05, 0) is 17.5 Å². The molecule has 0 spiro atoms. The quantitative estimate of drug-likeness (QED) is 0.315. The summed E-state index contributed by atoms with van der Waals surface area (Å²) >= 11 is 0. The van der Waals surface area contributed by atoms with Gasteiger partial charge in [-0.15, -0.1) is 0 Å². The van der Waals surface area contributed by atoms with Gasteiger partial charge in [0.15, 0.2) is 11.6 Å². The standard InChI is InChI=1S/C27H20N2O3/c30-25-18(13-12-17-6-1-2-7-19(17)25)16-28-14-15-29-23-11-5-10-22-24(23)27(32)21-9-4-3-8-20(21)26(22)31/h1-13,16,29-30H,14-15H2. The van der Waals surface area contributed by atoms with Crippen molar-refractivity contribution in [2.75, 3.05) is 18.4 Å². The molecule has 32 heavy (non-hydrogen) atoms. The molecule has 0 saturated carbocycles. The van der Waals surface area contributed by atoms with Gasteiger partial charge in [-0.2, -0.15) is 0 Å². The molecule has 0 aromatic heterocycles. The summed E-state index contributed by atoms with van der Waals surface area (Å²) in [6.45, 7) is 0.916. The molecule has 1 aliphatic carbocycles. The van der Waals surface area contributed by atoms with Gasteiger partial charge < -0.3 is 10.4 Å². The van der Waals surface area contributed by atoms with Gasteiger partial charge in [0.05, 0.1) is 12.1 Å². The number of nitrogens with zero attached hydrogens (tertiary/aromatic N) is 1. The minimum atomic E-state index is -0.150. The van der Waals surface area contributed by atoms with E-state index >= 15 is 0 Å². The number of hydrogen-bond donors (Lipinski definition) is 2. The second-order valence-corrected chi connectivity index (χ2v) is 7.62. The lowest BCUT2D eigenvalue weighted by molar-refractivity contribution is 0.0979. The Kier molecular flexibility index (Phi) is 5.00. The second kappa shape index (κ2) is 8.12. The molecule has 4 aromatic rings. The van der Waals surface area contributed by atoms with Crippen molar-refractivity contribution in [3.05, 3.63) is 107 Å². The average molecular weight is 420 g/mol. The predicted octanol–water partition coefficient (Wildman–Crippen LogP) is 4.85. The number of phenolic OH excluding ortho intramolecular Hbond substituents is 1. The fourth-order valence-corrected chi connectivity index (χ4v) is 4.09. The normalized spacial score (nSPS) is 12.8. The van der Waals surface area contributed by atoms with Crippen LogP contribution in [0.2, 0.25) is 0 Å². The maximum atomic E-state index is 13.0. The van der Waals surface area contributed by atoms with Crippen LogP contribution in [0.5, 0.6) is 5.75 Å². The van der Waals surface area contributed by atoms with Gasteiger partial charge in [0, 0.05) is 46.1 Å². The summed E-state index contributed by atoms with van der Waals surface area (Å²) in [6.07, 6.45) is 1.65. The zero-order valence-corrected chi connectivity index (χ0v) is 17.2. The summed E-state index contributed by atoms with van der Waals surface area (Å²) in [4.78, 5) is 30.3. The van der Waals surface area contributed by atoms with E-state index in [1.807, 2.05) is 36.4 Å². The van der Waals surface area contributed by atoms with Crippen molar-refractivity contribution in [2.24, 2.45) is 4.99 Å². The minimum Gasteiger partial charge on any atom is -0.507 e. The zero-order chi connectivity index (χ0) is 22.1. The van der Waals surface area contributed by atoms with Gasteiger partial charge in [-0.1, -0.05) is 66.7 Å². The Bertz CT molecular complexity index is 1410. The van der Waals surface area contributed by atoms with E-state index in [0.29, 0.717) is 46.6 Å². The monoisotopic (exact) mass is 420 g/mol. The number of aliphatic imine (C=N–C) groups is 1. The lowest BCUT2D eigenvalue weighted by Crippen LogP contribution is -2.22. The van der Waals surface area contributed by atoms with Crippen LogP contribution >= 0.6 is 0 Å². The van der Waals surface area contributed by atoms with Crippen LogP contribution in [0, 0.1) is 0 Å². The van der Waals surface area contributed by atoms with Crippen LogP contribution in [0.25, 0.3) is 10.8 Å². The minimum absolute atomic E-state index is 0.136. The highest BCUT2D eigenvalue weighted by molar-refractivity contribution is 6.30. The van der Waals surface area contributed by atoms with E-state index in [4.69, 9.17) is 0 Å². The number of aromatic hydroxyl groups is 1. The summed E-state index contributed by atoms with van der Waals surface area (Å²) in [5.41, 5.74) is 2.99. The fraction of sp³-hybridized carbons (Fsp3) is 0.0741. The van der Waals surface area contributed by atoms with E-state index in [1.165, 1.54) is 0 Å². The molecule has 0 fully saturated rings. The molecule has 0 heterocycles. The molecule has 5 heteroatoms. The molecule has 0 aliphatic heterocycles. The Morgan fingerprint density at radius 2 is 1.50 bits per heavy atom. The molecule has 2 N–H and O–H groups in total. The van der Waals surface area contributed by atoms with Crippen molar-refractivity contribution >= 4 is 34.2 Å². The highest BCUT2D eigenvalue weighted by Crippen LogP contribution is 2.32. The van der Waals surface area contributed by atoms with Crippen molar-refractivity contribution in [1.82, 2.24) is 0 Å². The average Bonchev–Trinajstić information content (AvgIpc) is 2.83. The smallest absolute Gasteiger partial charge is 0.196 e. The third kappa shape index (κ3) is 3.34. The van der Waals surface area contributed by atoms with Crippen molar-refractivity contribution < 1.29 is 14.7 Å². The topological polar surface area (TPSA) is 78.8 Å². The van der Waals surface area contributed by atoms with Crippen molar-refractivity contribution in [2.45, 2.75) is 0 Å². The maximum Gasteiger partial charge on any atom is 0.196 e. The van der Waals surface area contributed by atoms with Gasteiger partial charge in [0.2, 0.25) is 0 Å². The summed E-state index contributed by atoms with van der Waals surface area (Å²) in [6, 6.07) is 23.6. The third-order valence-electron chi connectivity index (χ3n) is 5.67. The lowest BCUT2D eigenvalue weighted by atomic mass is 9.83. The Morgan fingerprint density at radius 3 is 2.34 bits per heavy atom. The van der Waals surface area contributed by atoms with Gasteiger partial charge in [0.25, 0.3) is 0 Å². The molecule has 0 radical (unpaired) electrons. The number of phenols is 1. The summed E-state index contributed by atoms with van der Waals surface area (Å²) in [7, 11) is 0. The van der Waals surface area contributed by atoms with E-state index in [0.717, 1.165) is 10.8 Å². The van der Waals surface area contributed by atoms with E-state index < -0.39 is 0 Å². The number of hydrogen-bond acceptors (Lipinski definition) is 5. The van der Waals surface area contributed by atoms with Crippen LogP contribution in [0.3, 0.4) is 0 Å². The first-order chi connectivity index (χ1) is 15.6. The summed E-state index contributed by atoms with van der Waals surface area (Å²) in [5, 5.41) is 15.5. The number of anilines is 1. The largest absolute Gasteiger partial charge is 0.507 e. The van der Waals surface area contributed by atoms with E-state index in [9.17, 15) is 14.7 Å². The van der Waals surface area contributed by atoms with Crippen molar-refractivity contribution in [3.63, 3.8) is 0 Å². The molecule has 5 nitrogen and oxygen atoms in total. The molecule has 0 atom stereocenters. The van der Waals surface area contributed by atoms with Crippen LogP contribution in [0.15, 0.2) is 83.9 Å².